The Labute approximate surface area is 144 Å². The Bertz CT molecular complexity index is 987. The Morgan fingerprint density at radius 3 is 2.56 bits per heavy atom. The molecule has 1 N–H and O–H groups in total. The van der Waals surface area contributed by atoms with Crippen LogP contribution in [0.5, 0.6) is 11.5 Å². The highest BCUT2D eigenvalue weighted by molar-refractivity contribution is 5.85. The van der Waals surface area contributed by atoms with Crippen molar-refractivity contribution < 1.29 is 19.1 Å². The molecule has 128 valence electrons. The lowest BCUT2D eigenvalue weighted by molar-refractivity contribution is -0.117. The molecular formula is C20H18O5. The van der Waals surface area contributed by atoms with E-state index in [9.17, 15) is 14.7 Å². The fraction of sp³-hybridized carbons (Fsp3) is 0.200. The van der Waals surface area contributed by atoms with Crippen LogP contribution in [0.2, 0.25) is 0 Å². The number of Topliss-reactive ketones (excluding diaryl/α,β-unsaturated/α-hetero) is 1. The van der Waals surface area contributed by atoms with Crippen molar-refractivity contribution in [2.75, 3.05) is 7.11 Å². The van der Waals surface area contributed by atoms with Gasteiger partial charge in [0.25, 0.3) is 0 Å². The van der Waals surface area contributed by atoms with Crippen molar-refractivity contribution in [2.24, 2.45) is 0 Å². The lowest BCUT2D eigenvalue weighted by Crippen LogP contribution is -2.17. The van der Waals surface area contributed by atoms with Crippen molar-refractivity contribution in [3.05, 3.63) is 70.1 Å². The summed E-state index contributed by atoms with van der Waals surface area (Å²) in [5.74, 6) is -0.387. The van der Waals surface area contributed by atoms with Crippen LogP contribution in [0.4, 0.5) is 0 Å². The predicted molar refractivity (Wildman–Crippen MR) is 94.3 cm³/mol. The van der Waals surface area contributed by atoms with E-state index in [0.29, 0.717) is 22.3 Å². The third-order valence-corrected chi connectivity index (χ3v) is 4.17. The second-order valence-corrected chi connectivity index (χ2v) is 5.85. The predicted octanol–water partition coefficient (Wildman–Crippen LogP) is 3.62. The van der Waals surface area contributed by atoms with Gasteiger partial charge in [0, 0.05) is 17.9 Å². The van der Waals surface area contributed by atoms with Crippen LogP contribution in [0.25, 0.3) is 11.0 Å². The van der Waals surface area contributed by atoms with Gasteiger partial charge in [-0.25, -0.2) is 4.79 Å². The molecule has 1 aromatic heterocycles. The second-order valence-electron chi connectivity index (χ2n) is 5.85. The summed E-state index contributed by atoms with van der Waals surface area (Å²) in [6, 6.07) is 13.9. The van der Waals surface area contributed by atoms with E-state index in [2.05, 4.69) is 0 Å². The number of carbonyl (C=O) groups is 1. The number of ether oxygens (including phenoxy) is 1. The Morgan fingerprint density at radius 2 is 1.84 bits per heavy atom. The summed E-state index contributed by atoms with van der Waals surface area (Å²) in [4.78, 5) is 24.4. The van der Waals surface area contributed by atoms with Crippen LogP contribution in [-0.2, 0) is 4.79 Å². The standard InChI is InChI=1S/C20H18O5/c1-12(21)11-15(13-7-3-5-9-16(13)24-2)18-19(22)14-8-4-6-10-17(14)25-20(18)23/h3-10,15,22H,11H2,1-2H3. The van der Waals surface area contributed by atoms with Crippen LogP contribution >= 0.6 is 0 Å². The van der Waals surface area contributed by atoms with Gasteiger partial charge in [-0.1, -0.05) is 30.3 Å². The van der Waals surface area contributed by atoms with E-state index >= 15 is 0 Å². The number of hydrogen-bond acceptors (Lipinski definition) is 5. The number of aromatic hydroxyl groups is 1. The Balaban J connectivity index is 2.29. The van der Waals surface area contributed by atoms with Gasteiger partial charge in [-0.05, 0) is 25.1 Å². The zero-order chi connectivity index (χ0) is 18.0. The van der Waals surface area contributed by atoms with Gasteiger partial charge in [0.1, 0.15) is 22.9 Å². The molecule has 2 aromatic carbocycles. The molecule has 25 heavy (non-hydrogen) atoms. The summed E-state index contributed by atoms with van der Waals surface area (Å²) >= 11 is 0. The number of ketones is 1. The number of para-hydroxylation sites is 2. The highest BCUT2D eigenvalue weighted by Gasteiger charge is 2.27. The monoisotopic (exact) mass is 338 g/mol. The molecule has 1 heterocycles. The summed E-state index contributed by atoms with van der Waals surface area (Å²) in [5.41, 5.74) is 0.361. The quantitative estimate of drug-likeness (QED) is 0.719. The maximum atomic E-state index is 12.6. The van der Waals surface area contributed by atoms with E-state index in [-0.39, 0.29) is 23.5 Å². The molecule has 0 bridgehead atoms. The van der Waals surface area contributed by atoms with Crippen LogP contribution in [0.3, 0.4) is 0 Å². The van der Waals surface area contributed by atoms with E-state index in [1.807, 2.05) is 0 Å². The molecule has 0 saturated heterocycles. The summed E-state index contributed by atoms with van der Waals surface area (Å²) in [6.07, 6.45) is 0.0526. The van der Waals surface area contributed by atoms with E-state index in [1.54, 1.807) is 48.5 Å². The molecule has 0 amide bonds. The molecule has 0 aliphatic rings. The minimum absolute atomic E-state index is 0.0526. The molecule has 0 saturated carbocycles. The van der Waals surface area contributed by atoms with Crippen molar-refractivity contribution in [3.63, 3.8) is 0 Å². The van der Waals surface area contributed by atoms with Gasteiger partial charge in [0.2, 0.25) is 0 Å². The maximum Gasteiger partial charge on any atom is 0.343 e. The molecule has 1 atom stereocenters. The Hall–Kier alpha value is -3.08. The number of carbonyl (C=O) groups excluding carboxylic acids is 1. The molecule has 5 heteroatoms. The molecule has 0 radical (unpaired) electrons. The minimum Gasteiger partial charge on any atom is -0.507 e. The zero-order valence-electron chi connectivity index (χ0n) is 14.0. The second kappa shape index (κ2) is 6.81. The average Bonchev–Trinajstić information content (AvgIpc) is 2.60. The first-order valence-electron chi connectivity index (χ1n) is 7.90. The number of hydrogen-bond donors (Lipinski definition) is 1. The summed E-state index contributed by atoms with van der Waals surface area (Å²) in [7, 11) is 1.52. The van der Waals surface area contributed by atoms with Crippen LogP contribution in [0.1, 0.15) is 30.4 Å². The zero-order valence-corrected chi connectivity index (χ0v) is 14.0. The normalized spacial score (nSPS) is 12.1. The van der Waals surface area contributed by atoms with E-state index < -0.39 is 11.5 Å². The fourth-order valence-corrected chi connectivity index (χ4v) is 3.06. The molecule has 0 spiro atoms. The maximum absolute atomic E-state index is 12.6. The number of benzene rings is 2. The minimum atomic E-state index is -0.659. The molecule has 0 aliphatic heterocycles. The summed E-state index contributed by atoms with van der Waals surface area (Å²) < 4.78 is 10.7. The van der Waals surface area contributed by atoms with Gasteiger partial charge in [0.15, 0.2) is 0 Å². The molecule has 5 nitrogen and oxygen atoms in total. The van der Waals surface area contributed by atoms with Gasteiger partial charge in [-0.15, -0.1) is 0 Å². The molecule has 0 aliphatic carbocycles. The van der Waals surface area contributed by atoms with Crippen molar-refractivity contribution in [3.8, 4) is 11.5 Å². The van der Waals surface area contributed by atoms with Crippen molar-refractivity contribution in [2.45, 2.75) is 19.3 Å². The van der Waals surface area contributed by atoms with Crippen molar-refractivity contribution in [1.29, 1.82) is 0 Å². The average molecular weight is 338 g/mol. The van der Waals surface area contributed by atoms with Crippen LogP contribution in [0.15, 0.2) is 57.7 Å². The van der Waals surface area contributed by atoms with E-state index in [4.69, 9.17) is 9.15 Å². The van der Waals surface area contributed by atoms with Crippen molar-refractivity contribution >= 4 is 16.8 Å². The molecule has 1 unspecified atom stereocenters. The van der Waals surface area contributed by atoms with Gasteiger partial charge in [0.05, 0.1) is 18.1 Å². The summed E-state index contributed by atoms with van der Waals surface area (Å²) in [6.45, 7) is 1.45. The first-order valence-corrected chi connectivity index (χ1v) is 7.90. The van der Waals surface area contributed by atoms with E-state index in [0.717, 1.165) is 0 Å². The lowest BCUT2D eigenvalue weighted by Gasteiger charge is -2.19. The van der Waals surface area contributed by atoms with Gasteiger partial charge in [-0.3, -0.25) is 4.79 Å². The number of fused-ring (bicyclic) bond motifs is 1. The molecular weight excluding hydrogens is 320 g/mol. The first kappa shape index (κ1) is 16.8. The van der Waals surface area contributed by atoms with Gasteiger partial charge < -0.3 is 14.3 Å². The highest BCUT2D eigenvalue weighted by Crippen LogP contribution is 2.39. The SMILES string of the molecule is COc1ccccc1C(CC(C)=O)c1c(O)c2ccccc2oc1=O. The van der Waals surface area contributed by atoms with E-state index in [1.165, 1.54) is 14.0 Å². The van der Waals surface area contributed by atoms with Crippen LogP contribution in [0, 0.1) is 0 Å². The van der Waals surface area contributed by atoms with Crippen LogP contribution in [-0.4, -0.2) is 18.0 Å². The van der Waals surface area contributed by atoms with Gasteiger partial charge in [-0.2, -0.15) is 0 Å². The summed E-state index contributed by atoms with van der Waals surface area (Å²) in [5, 5.41) is 11.2. The van der Waals surface area contributed by atoms with Crippen LogP contribution < -0.4 is 10.4 Å². The Morgan fingerprint density at radius 1 is 1.16 bits per heavy atom. The van der Waals surface area contributed by atoms with Crippen molar-refractivity contribution in [1.82, 2.24) is 0 Å². The third-order valence-electron chi connectivity index (χ3n) is 4.17. The molecule has 3 aromatic rings. The third kappa shape index (κ3) is 3.13. The highest BCUT2D eigenvalue weighted by atomic mass is 16.5. The lowest BCUT2D eigenvalue weighted by atomic mass is 9.86. The smallest absolute Gasteiger partial charge is 0.343 e. The fourth-order valence-electron chi connectivity index (χ4n) is 3.06. The largest absolute Gasteiger partial charge is 0.507 e. The number of rotatable bonds is 5. The van der Waals surface area contributed by atoms with Gasteiger partial charge >= 0.3 is 5.63 Å². The molecule has 0 fully saturated rings. The Kier molecular flexibility index (Phi) is 4.57. The topological polar surface area (TPSA) is 76.7 Å². The molecule has 3 rings (SSSR count). The number of methoxy groups -OCH3 is 1. The first-order chi connectivity index (χ1) is 12.0.